The number of hydrogen-bond donors (Lipinski definition) is 2. The van der Waals surface area contributed by atoms with Crippen molar-refractivity contribution in [1.29, 1.82) is 0 Å². The number of nitrogens with two attached hydrogens (primary N) is 1. The Balaban J connectivity index is 2.22. The first-order chi connectivity index (χ1) is 8.22. The number of para-hydroxylation sites is 1. The average Bonchev–Trinajstić information content (AvgIpc) is 2.76. The van der Waals surface area contributed by atoms with Crippen LogP contribution in [0.1, 0.15) is 15.2 Å². The topological polar surface area (TPSA) is 55.1 Å². The predicted octanol–water partition coefficient (Wildman–Crippen LogP) is 3.22. The molecule has 0 spiro atoms. The summed E-state index contributed by atoms with van der Waals surface area (Å²) in [6.45, 7) is 0.405. The van der Waals surface area contributed by atoms with Gasteiger partial charge < -0.3 is 11.1 Å². The van der Waals surface area contributed by atoms with Gasteiger partial charge in [-0.05, 0) is 39.0 Å². The second-order valence-corrected chi connectivity index (χ2v) is 5.18. The van der Waals surface area contributed by atoms with E-state index < -0.39 is 0 Å². The van der Waals surface area contributed by atoms with Gasteiger partial charge in [-0.25, -0.2) is 0 Å². The Morgan fingerprint density at radius 2 is 2.12 bits per heavy atom. The molecule has 0 fully saturated rings. The van der Waals surface area contributed by atoms with Gasteiger partial charge in [-0.3, -0.25) is 4.79 Å². The molecule has 0 saturated carbocycles. The lowest BCUT2D eigenvalue weighted by Crippen LogP contribution is -2.13. The van der Waals surface area contributed by atoms with Crippen molar-refractivity contribution in [3.63, 3.8) is 0 Å². The molecule has 0 aliphatic rings. The van der Waals surface area contributed by atoms with Crippen molar-refractivity contribution in [3.05, 3.63) is 50.6 Å². The molecule has 0 bridgehead atoms. The lowest BCUT2D eigenvalue weighted by atomic mass is 10.2. The van der Waals surface area contributed by atoms with Gasteiger partial charge in [0.1, 0.15) is 4.88 Å². The van der Waals surface area contributed by atoms with Crippen LogP contribution in [0.3, 0.4) is 0 Å². The van der Waals surface area contributed by atoms with Crippen molar-refractivity contribution < 1.29 is 4.79 Å². The summed E-state index contributed by atoms with van der Waals surface area (Å²) >= 11 is 4.74. The summed E-state index contributed by atoms with van der Waals surface area (Å²) < 4.78 is 0.810. The number of halogens is 1. The third-order valence-corrected chi connectivity index (χ3v) is 4.15. The van der Waals surface area contributed by atoms with Gasteiger partial charge in [0.15, 0.2) is 0 Å². The summed E-state index contributed by atoms with van der Waals surface area (Å²) in [4.78, 5) is 12.7. The van der Waals surface area contributed by atoms with E-state index in [2.05, 4.69) is 21.2 Å². The van der Waals surface area contributed by atoms with Crippen LogP contribution in [0.15, 0.2) is 40.2 Å². The van der Waals surface area contributed by atoms with Crippen LogP contribution >= 0.6 is 27.3 Å². The van der Waals surface area contributed by atoms with E-state index in [4.69, 9.17) is 5.73 Å². The van der Waals surface area contributed by atoms with Crippen molar-refractivity contribution in [2.75, 3.05) is 5.32 Å². The van der Waals surface area contributed by atoms with E-state index in [0.29, 0.717) is 11.4 Å². The summed E-state index contributed by atoms with van der Waals surface area (Å²) in [5.41, 5.74) is 7.31. The largest absolute Gasteiger partial charge is 0.326 e. The molecule has 0 atom stereocenters. The number of carbonyl (C=O) groups is 1. The number of nitrogens with one attached hydrogen (secondary N) is 1. The SMILES string of the molecule is NCc1ccccc1NC(=O)c1sccc1Br. The minimum atomic E-state index is -0.118. The molecule has 1 aromatic heterocycles. The van der Waals surface area contributed by atoms with Crippen LogP contribution in [-0.4, -0.2) is 5.91 Å². The second kappa shape index (κ2) is 5.44. The number of amides is 1. The molecule has 1 heterocycles. The minimum Gasteiger partial charge on any atom is -0.326 e. The van der Waals surface area contributed by atoms with Crippen molar-refractivity contribution in [2.24, 2.45) is 5.73 Å². The quantitative estimate of drug-likeness (QED) is 0.914. The maximum Gasteiger partial charge on any atom is 0.266 e. The number of rotatable bonds is 3. The molecule has 1 aromatic carbocycles. The van der Waals surface area contributed by atoms with Crippen LogP contribution in [0.4, 0.5) is 5.69 Å². The standard InChI is InChI=1S/C12H11BrN2OS/c13-9-5-6-17-11(9)12(16)15-10-4-2-1-3-8(10)7-14/h1-6H,7,14H2,(H,15,16). The van der Waals surface area contributed by atoms with Gasteiger partial charge >= 0.3 is 0 Å². The van der Waals surface area contributed by atoms with Crippen LogP contribution in [-0.2, 0) is 6.54 Å². The van der Waals surface area contributed by atoms with E-state index >= 15 is 0 Å². The van der Waals surface area contributed by atoms with Crippen LogP contribution < -0.4 is 11.1 Å². The summed E-state index contributed by atoms with van der Waals surface area (Å²) in [5.74, 6) is -0.118. The number of carbonyl (C=O) groups excluding carboxylic acids is 1. The Hall–Kier alpha value is -1.17. The van der Waals surface area contributed by atoms with Gasteiger partial charge in [0.25, 0.3) is 5.91 Å². The molecule has 2 rings (SSSR count). The predicted molar refractivity (Wildman–Crippen MR) is 74.3 cm³/mol. The summed E-state index contributed by atoms with van der Waals surface area (Å²) in [7, 11) is 0. The van der Waals surface area contributed by atoms with E-state index in [-0.39, 0.29) is 5.91 Å². The van der Waals surface area contributed by atoms with E-state index in [9.17, 15) is 4.79 Å². The molecule has 0 aliphatic carbocycles. The Bertz CT molecular complexity index is 539. The maximum atomic E-state index is 12.0. The van der Waals surface area contributed by atoms with E-state index in [0.717, 1.165) is 15.7 Å². The minimum absolute atomic E-state index is 0.118. The first-order valence-electron chi connectivity index (χ1n) is 5.04. The van der Waals surface area contributed by atoms with Crippen LogP contribution in [0.2, 0.25) is 0 Å². The van der Waals surface area contributed by atoms with Crippen molar-refractivity contribution in [3.8, 4) is 0 Å². The van der Waals surface area contributed by atoms with Crippen molar-refractivity contribution in [2.45, 2.75) is 6.54 Å². The molecule has 17 heavy (non-hydrogen) atoms. The monoisotopic (exact) mass is 310 g/mol. The molecule has 1 amide bonds. The molecular weight excluding hydrogens is 300 g/mol. The first kappa shape index (κ1) is 12.3. The number of benzene rings is 1. The van der Waals surface area contributed by atoms with Crippen LogP contribution in [0.5, 0.6) is 0 Å². The fourth-order valence-electron chi connectivity index (χ4n) is 1.46. The molecule has 3 N–H and O–H groups in total. The van der Waals surface area contributed by atoms with Crippen molar-refractivity contribution in [1.82, 2.24) is 0 Å². The molecule has 2 aromatic rings. The second-order valence-electron chi connectivity index (χ2n) is 3.41. The molecule has 5 heteroatoms. The maximum absolute atomic E-state index is 12.0. The van der Waals surface area contributed by atoms with E-state index in [1.165, 1.54) is 11.3 Å². The zero-order valence-electron chi connectivity index (χ0n) is 8.94. The zero-order valence-corrected chi connectivity index (χ0v) is 11.3. The van der Waals surface area contributed by atoms with Gasteiger partial charge in [0.2, 0.25) is 0 Å². The number of hydrogen-bond acceptors (Lipinski definition) is 3. The molecule has 0 radical (unpaired) electrons. The Morgan fingerprint density at radius 1 is 1.35 bits per heavy atom. The molecule has 3 nitrogen and oxygen atoms in total. The Labute approximate surface area is 112 Å². The molecule has 0 aliphatic heterocycles. The highest BCUT2D eigenvalue weighted by atomic mass is 79.9. The van der Waals surface area contributed by atoms with E-state index in [1.807, 2.05) is 35.7 Å². The molecular formula is C12H11BrN2OS. The molecule has 0 unspecified atom stereocenters. The Kier molecular flexibility index (Phi) is 3.93. The van der Waals surface area contributed by atoms with Gasteiger partial charge in [0, 0.05) is 16.7 Å². The highest BCUT2D eigenvalue weighted by Crippen LogP contribution is 2.24. The lowest BCUT2D eigenvalue weighted by Gasteiger charge is -2.08. The Morgan fingerprint density at radius 3 is 2.76 bits per heavy atom. The highest BCUT2D eigenvalue weighted by molar-refractivity contribution is 9.10. The summed E-state index contributed by atoms with van der Waals surface area (Å²) in [5, 5.41) is 4.74. The normalized spacial score (nSPS) is 10.2. The fourth-order valence-corrected chi connectivity index (χ4v) is 2.90. The number of thiophene rings is 1. The average molecular weight is 311 g/mol. The lowest BCUT2D eigenvalue weighted by molar-refractivity contribution is 0.103. The fraction of sp³-hybridized carbons (Fsp3) is 0.0833. The summed E-state index contributed by atoms with van der Waals surface area (Å²) in [6, 6.07) is 9.38. The zero-order chi connectivity index (χ0) is 12.3. The molecule has 0 saturated heterocycles. The third kappa shape index (κ3) is 2.74. The van der Waals surface area contributed by atoms with Crippen LogP contribution in [0.25, 0.3) is 0 Å². The van der Waals surface area contributed by atoms with E-state index in [1.54, 1.807) is 0 Å². The first-order valence-corrected chi connectivity index (χ1v) is 6.72. The van der Waals surface area contributed by atoms with Crippen molar-refractivity contribution >= 4 is 38.9 Å². The molecule has 88 valence electrons. The third-order valence-electron chi connectivity index (χ3n) is 2.31. The number of anilines is 1. The summed E-state index contributed by atoms with van der Waals surface area (Å²) in [6.07, 6.45) is 0. The van der Waals surface area contributed by atoms with Gasteiger partial charge in [-0.2, -0.15) is 0 Å². The van der Waals surface area contributed by atoms with Gasteiger partial charge in [0.05, 0.1) is 0 Å². The smallest absolute Gasteiger partial charge is 0.266 e. The van der Waals surface area contributed by atoms with Crippen LogP contribution in [0, 0.1) is 0 Å². The van der Waals surface area contributed by atoms with Gasteiger partial charge in [-0.1, -0.05) is 18.2 Å². The van der Waals surface area contributed by atoms with Gasteiger partial charge in [-0.15, -0.1) is 11.3 Å². The highest BCUT2D eigenvalue weighted by Gasteiger charge is 2.12.